The van der Waals surface area contributed by atoms with Crippen molar-refractivity contribution in [3.8, 4) is 92.4 Å². The SMILES string of the molecule is C#CC#CC#CC#CC#CC#CC(CCCCCCCCCC)Cc1cc(-c2cc(F)c(-c3cc(CC(CCCCCCCCCC)CCCCCCCCCCCC)c(Br)s3)c3snnc23)sc1Br. The average molecular weight is 1130 g/mol. The first-order chi connectivity index (χ1) is 34.4. The number of hydrogen-bond acceptors (Lipinski definition) is 5. The summed E-state index contributed by atoms with van der Waals surface area (Å²) in [5, 5.41) is 4.63. The van der Waals surface area contributed by atoms with E-state index in [0.717, 1.165) is 64.4 Å². The van der Waals surface area contributed by atoms with Crippen LogP contribution in [-0.2, 0) is 12.8 Å². The first-order valence-electron chi connectivity index (χ1n) is 26.9. The Kier molecular flexibility index (Phi) is 31.7. The molecule has 0 N–H and O–H groups in total. The third-order valence-corrected chi connectivity index (χ3v) is 17.9. The highest BCUT2D eigenvalue weighted by Crippen LogP contribution is 2.46. The molecule has 0 aliphatic heterocycles. The van der Waals surface area contributed by atoms with Crippen molar-refractivity contribution in [2.24, 2.45) is 11.8 Å². The Bertz CT molecular complexity index is 2500. The third kappa shape index (κ3) is 23.1. The number of aromatic nitrogens is 2. The Morgan fingerprint density at radius 3 is 1.47 bits per heavy atom. The van der Waals surface area contributed by atoms with Crippen molar-refractivity contribution in [1.82, 2.24) is 9.59 Å². The van der Waals surface area contributed by atoms with Gasteiger partial charge in [0, 0.05) is 26.8 Å². The second-order valence-corrected chi connectivity index (χ2v) is 24.4. The summed E-state index contributed by atoms with van der Waals surface area (Å²) in [4.78, 5) is 1.91. The molecule has 4 rings (SSSR count). The van der Waals surface area contributed by atoms with Crippen molar-refractivity contribution in [2.45, 2.75) is 220 Å². The molecular formula is C62H77Br2FN2S3. The third-order valence-electron chi connectivity index (χ3n) is 13.2. The Hall–Kier alpha value is -3.31. The van der Waals surface area contributed by atoms with Crippen LogP contribution in [0.25, 0.3) is 31.1 Å². The smallest absolute Gasteiger partial charge is 0.134 e. The van der Waals surface area contributed by atoms with Gasteiger partial charge < -0.3 is 0 Å². The summed E-state index contributed by atoms with van der Waals surface area (Å²) < 4.78 is 24.1. The number of terminal acetylenes is 1. The van der Waals surface area contributed by atoms with Gasteiger partial charge in [0.1, 0.15) is 11.3 Å². The predicted octanol–water partition coefficient (Wildman–Crippen LogP) is 20.2. The quantitative estimate of drug-likeness (QED) is 0.0339. The summed E-state index contributed by atoms with van der Waals surface area (Å²) in [6, 6.07) is 6.12. The summed E-state index contributed by atoms with van der Waals surface area (Å²) in [5.74, 6) is 30.5. The van der Waals surface area contributed by atoms with Crippen LogP contribution in [0.5, 0.6) is 0 Å². The van der Waals surface area contributed by atoms with Crippen LogP contribution in [0.2, 0.25) is 0 Å². The summed E-state index contributed by atoms with van der Waals surface area (Å²) in [6.45, 7) is 6.84. The highest BCUT2D eigenvalue weighted by atomic mass is 79.9. The maximum absolute atomic E-state index is 16.7. The minimum Gasteiger partial charge on any atom is -0.206 e. The van der Waals surface area contributed by atoms with Crippen LogP contribution in [0.15, 0.2) is 25.8 Å². The van der Waals surface area contributed by atoms with E-state index in [9.17, 15) is 0 Å². The van der Waals surface area contributed by atoms with Crippen LogP contribution in [0, 0.1) is 89.2 Å². The van der Waals surface area contributed by atoms with E-state index >= 15 is 4.39 Å². The zero-order valence-electron chi connectivity index (χ0n) is 42.6. The van der Waals surface area contributed by atoms with E-state index in [-0.39, 0.29) is 11.7 Å². The fraction of sp³-hybridized carbons (Fsp3) is 0.581. The van der Waals surface area contributed by atoms with Gasteiger partial charge in [-0.25, -0.2) is 4.39 Å². The molecule has 4 aromatic rings. The van der Waals surface area contributed by atoms with E-state index in [1.54, 1.807) is 28.7 Å². The number of fused-ring (bicyclic) bond motifs is 1. The van der Waals surface area contributed by atoms with Crippen molar-refractivity contribution in [3.63, 3.8) is 0 Å². The molecule has 0 saturated heterocycles. The number of unbranched alkanes of at least 4 members (excludes halogenated alkanes) is 23. The average Bonchev–Trinajstić information content (AvgIpc) is 4.09. The van der Waals surface area contributed by atoms with Crippen molar-refractivity contribution >= 4 is 76.3 Å². The molecule has 0 bridgehead atoms. The van der Waals surface area contributed by atoms with Crippen molar-refractivity contribution in [3.05, 3.63) is 42.7 Å². The minimum atomic E-state index is -0.229. The number of halogens is 3. The molecule has 8 heteroatoms. The first-order valence-corrected chi connectivity index (χ1v) is 30.9. The highest BCUT2D eigenvalue weighted by Gasteiger charge is 2.24. The Morgan fingerprint density at radius 1 is 0.529 bits per heavy atom. The summed E-state index contributed by atoms with van der Waals surface area (Å²) in [6.07, 6.45) is 44.9. The largest absolute Gasteiger partial charge is 0.206 e. The van der Waals surface area contributed by atoms with Gasteiger partial charge in [-0.1, -0.05) is 211 Å². The highest BCUT2D eigenvalue weighted by molar-refractivity contribution is 9.11. The van der Waals surface area contributed by atoms with Gasteiger partial charge in [-0.15, -0.1) is 34.2 Å². The van der Waals surface area contributed by atoms with E-state index in [0.29, 0.717) is 11.5 Å². The van der Waals surface area contributed by atoms with Gasteiger partial charge in [0.15, 0.2) is 0 Å². The predicted molar refractivity (Wildman–Crippen MR) is 312 cm³/mol. The van der Waals surface area contributed by atoms with Crippen molar-refractivity contribution < 1.29 is 4.39 Å². The molecule has 1 aromatic carbocycles. The number of nitrogens with zero attached hydrogens (tertiary/aromatic N) is 2. The topological polar surface area (TPSA) is 25.8 Å². The molecule has 3 aromatic heterocycles. The van der Waals surface area contributed by atoms with E-state index < -0.39 is 0 Å². The van der Waals surface area contributed by atoms with Gasteiger partial charge in [0.25, 0.3) is 0 Å². The standard InChI is InChI=1S/C62H77Br2FN2S3/c1-5-9-13-17-21-25-27-31-35-39-42-50(41-37-33-29-23-19-15-11-7-3)45-52-47-56(68-61(52)63)54-49-55(65)58(60-59(54)66-67-70-60)57-48-53(62(64)69-57)46-51(43-38-34-30-24-20-16-12-8-4)44-40-36-32-28-26-22-18-14-10-6-2/h1,47-51H,6-8,10-12,14-16,18-20,22-24,26,28-30,32-34,36-38,40-41,43-46H2,2-4H3. The normalized spacial score (nSPS) is 11.5. The lowest BCUT2D eigenvalue weighted by Crippen LogP contribution is -2.05. The lowest BCUT2D eigenvalue weighted by Gasteiger charge is -2.17. The molecule has 2 unspecified atom stereocenters. The van der Waals surface area contributed by atoms with E-state index in [2.05, 4.69) is 139 Å². The van der Waals surface area contributed by atoms with Gasteiger partial charge in [-0.2, -0.15) is 0 Å². The van der Waals surface area contributed by atoms with Crippen LogP contribution < -0.4 is 0 Å². The molecule has 70 heavy (non-hydrogen) atoms. The molecule has 0 aliphatic carbocycles. The van der Waals surface area contributed by atoms with Gasteiger partial charge in [0.2, 0.25) is 0 Å². The second-order valence-electron chi connectivity index (χ2n) is 18.9. The second kappa shape index (κ2) is 37.4. The van der Waals surface area contributed by atoms with Crippen LogP contribution >= 0.6 is 66.1 Å². The van der Waals surface area contributed by atoms with Crippen LogP contribution in [0.4, 0.5) is 4.39 Å². The van der Waals surface area contributed by atoms with Crippen LogP contribution in [-0.4, -0.2) is 9.59 Å². The van der Waals surface area contributed by atoms with Gasteiger partial charge >= 0.3 is 0 Å². The molecule has 3 heterocycles. The van der Waals surface area contributed by atoms with Gasteiger partial charge in [0.05, 0.1) is 12.3 Å². The molecule has 0 saturated carbocycles. The van der Waals surface area contributed by atoms with Crippen molar-refractivity contribution in [1.29, 1.82) is 0 Å². The molecule has 2 nitrogen and oxygen atoms in total. The minimum absolute atomic E-state index is 0.112. The lowest BCUT2D eigenvalue weighted by atomic mass is 9.89. The summed E-state index contributed by atoms with van der Waals surface area (Å²) in [5.41, 5.74) is 4.61. The zero-order chi connectivity index (χ0) is 49.9. The van der Waals surface area contributed by atoms with Crippen molar-refractivity contribution in [2.75, 3.05) is 0 Å². The monoisotopic (exact) mass is 1120 g/mol. The number of rotatable bonds is 35. The molecule has 0 amide bonds. The maximum atomic E-state index is 16.7. The van der Waals surface area contributed by atoms with Crippen LogP contribution in [0.3, 0.4) is 0 Å². The molecular weight excluding hydrogens is 1050 g/mol. The lowest BCUT2D eigenvalue weighted by molar-refractivity contribution is 0.400. The van der Waals surface area contributed by atoms with E-state index in [1.165, 1.54) is 190 Å². The molecule has 2 atom stereocenters. The molecule has 0 aliphatic rings. The van der Waals surface area contributed by atoms with E-state index in [1.807, 2.05) is 0 Å². The van der Waals surface area contributed by atoms with Crippen LogP contribution in [0.1, 0.15) is 218 Å². The fourth-order valence-electron chi connectivity index (χ4n) is 9.23. The Balaban J connectivity index is 1.48. The molecule has 0 radical (unpaired) electrons. The zero-order valence-corrected chi connectivity index (χ0v) is 48.3. The summed E-state index contributed by atoms with van der Waals surface area (Å²) in [7, 11) is 0. The maximum Gasteiger partial charge on any atom is 0.134 e. The Labute approximate surface area is 453 Å². The number of benzene rings is 1. The molecule has 374 valence electrons. The number of hydrogen-bond donors (Lipinski definition) is 0. The summed E-state index contributed by atoms with van der Waals surface area (Å²) >= 11 is 12.4. The fourth-order valence-corrected chi connectivity index (χ4v) is 13.5. The van der Waals surface area contributed by atoms with E-state index in [4.69, 9.17) is 6.42 Å². The van der Waals surface area contributed by atoms with Gasteiger partial charge in [-0.3, -0.25) is 0 Å². The Morgan fingerprint density at radius 2 is 0.957 bits per heavy atom. The molecule has 0 spiro atoms. The molecule has 0 fully saturated rings. The van der Waals surface area contributed by atoms with Gasteiger partial charge in [-0.05, 0) is 157 Å². The first kappa shape index (κ1) is 59.3. The number of thiophene rings is 2.